The Morgan fingerprint density at radius 2 is 1.79 bits per heavy atom. The molecule has 6 heteroatoms. The molecule has 1 saturated heterocycles. The molecule has 0 aliphatic carbocycles. The molecule has 28 heavy (non-hydrogen) atoms. The highest BCUT2D eigenvalue weighted by molar-refractivity contribution is 6.46. The lowest BCUT2D eigenvalue weighted by molar-refractivity contribution is -0.139. The lowest BCUT2D eigenvalue weighted by Crippen LogP contribution is -2.25. The normalized spacial score (nSPS) is 18.8. The summed E-state index contributed by atoms with van der Waals surface area (Å²) in [5.41, 5.74) is 0.376. The van der Waals surface area contributed by atoms with Gasteiger partial charge >= 0.3 is 0 Å². The van der Waals surface area contributed by atoms with E-state index in [9.17, 15) is 19.1 Å². The number of nitrogens with zero attached hydrogens (tertiary/aromatic N) is 1. The summed E-state index contributed by atoms with van der Waals surface area (Å²) >= 11 is 0. The van der Waals surface area contributed by atoms with Crippen LogP contribution in [0.3, 0.4) is 0 Å². The lowest BCUT2D eigenvalue weighted by atomic mass is 9.95. The Bertz CT molecular complexity index is 934. The standard InChI is InChI=1S/C22H22FNO4/c1-13(2)12-28-15-10-8-14(9-11-15)20(25)18-19(24(3)22(27)21(18)26)16-6-4-5-7-17(16)23/h4-11,13,19,25H,12H2,1-3H3/b20-18+. The van der Waals surface area contributed by atoms with Crippen molar-refractivity contribution in [3.05, 3.63) is 71.0 Å². The molecule has 3 rings (SSSR count). The number of likely N-dealkylation sites (tertiary alicyclic amines) is 1. The van der Waals surface area contributed by atoms with E-state index in [2.05, 4.69) is 0 Å². The van der Waals surface area contributed by atoms with E-state index in [4.69, 9.17) is 4.74 Å². The molecule has 1 N–H and O–H groups in total. The zero-order valence-corrected chi connectivity index (χ0v) is 16.0. The first kappa shape index (κ1) is 19.6. The molecule has 1 unspecified atom stereocenters. The van der Waals surface area contributed by atoms with E-state index in [0.717, 1.165) is 4.90 Å². The van der Waals surface area contributed by atoms with Gasteiger partial charge in [0.15, 0.2) is 0 Å². The van der Waals surface area contributed by atoms with Crippen molar-refractivity contribution in [1.82, 2.24) is 4.90 Å². The number of Topliss-reactive ketones (excluding diaryl/α,β-unsaturated/α-hetero) is 1. The molecule has 146 valence electrons. The summed E-state index contributed by atoms with van der Waals surface area (Å²) in [4.78, 5) is 25.9. The maximum atomic E-state index is 14.3. The molecule has 1 heterocycles. The van der Waals surface area contributed by atoms with Crippen LogP contribution < -0.4 is 4.74 Å². The SMILES string of the molecule is CC(C)COc1ccc(/C(O)=C2\C(=O)C(=O)N(C)C2c2ccccc2F)cc1. The summed E-state index contributed by atoms with van der Waals surface area (Å²) in [7, 11) is 1.42. The summed E-state index contributed by atoms with van der Waals surface area (Å²) in [5.74, 6) is -1.52. The number of likely N-dealkylation sites (N-methyl/N-ethyl adjacent to an activating group) is 1. The van der Waals surface area contributed by atoms with Gasteiger partial charge in [-0.15, -0.1) is 0 Å². The third kappa shape index (κ3) is 3.63. The number of benzene rings is 2. The highest BCUT2D eigenvalue weighted by Crippen LogP contribution is 2.39. The molecule has 1 amide bonds. The lowest BCUT2D eigenvalue weighted by Gasteiger charge is -2.21. The van der Waals surface area contributed by atoms with Gasteiger partial charge in [0.2, 0.25) is 0 Å². The number of amides is 1. The summed E-state index contributed by atoms with van der Waals surface area (Å²) in [6.45, 7) is 4.62. The van der Waals surface area contributed by atoms with E-state index >= 15 is 0 Å². The van der Waals surface area contributed by atoms with Crippen LogP contribution in [0.25, 0.3) is 5.76 Å². The van der Waals surface area contributed by atoms with Gasteiger partial charge < -0.3 is 14.7 Å². The third-order valence-corrected chi connectivity index (χ3v) is 4.59. The van der Waals surface area contributed by atoms with E-state index in [1.165, 1.54) is 25.2 Å². The van der Waals surface area contributed by atoms with Crippen LogP contribution in [-0.4, -0.2) is 35.4 Å². The van der Waals surface area contributed by atoms with Gasteiger partial charge in [0.05, 0.1) is 18.2 Å². The van der Waals surface area contributed by atoms with Crippen molar-refractivity contribution in [2.45, 2.75) is 19.9 Å². The maximum Gasteiger partial charge on any atom is 0.295 e. The number of carbonyl (C=O) groups excluding carboxylic acids is 2. The second-order valence-electron chi connectivity index (χ2n) is 7.16. The van der Waals surface area contributed by atoms with Crippen molar-refractivity contribution in [2.75, 3.05) is 13.7 Å². The molecule has 2 aromatic rings. The minimum absolute atomic E-state index is 0.131. The topological polar surface area (TPSA) is 66.8 Å². The monoisotopic (exact) mass is 383 g/mol. The van der Waals surface area contributed by atoms with Gasteiger partial charge in [0.1, 0.15) is 17.3 Å². The second kappa shape index (κ2) is 7.84. The fraction of sp³-hybridized carbons (Fsp3) is 0.273. The smallest absolute Gasteiger partial charge is 0.295 e. The number of aliphatic hydroxyl groups excluding tert-OH is 1. The van der Waals surface area contributed by atoms with Gasteiger partial charge in [-0.25, -0.2) is 4.39 Å². The van der Waals surface area contributed by atoms with Crippen LogP contribution in [0.1, 0.15) is 31.0 Å². The van der Waals surface area contributed by atoms with Crippen molar-refractivity contribution in [3.63, 3.8) is 0 Å². The molecule has 0 aromatic heterocycles. The molecule has 0 radical (unpaired) electrons. The van der Waals surface area contributed by atoms with Crippen molar-refractivity contribution in [3.8, 4) is 5.75 Å². The van der Waals surface area contributed by atoms with Crippen LogP contribution in [0.4, 0.5) is 4.39 Å². The first-order valence-electron chi connectivity index (χ1n) is 9.03. The average Bonchev–Trinajstić information content (AvgIpc) is 2.90. The summed E-state index contributed by atoms with van der Waals surface area (Å²) < 4.78 is 20.0. The van der Waals surface area contributed by atoms with E-state index in [-0.39, 0.29) is 16.9 Å². The number of hydrogen-bond donors (Lipinski definition) is 1. The second-order valence-corrected chi connectivity index (χ2v) is 7.16. The van der Waals surface area contributed by atoms with Crippen LogP contribution in [-0.2, 0) is 9.59 Å². The minimum atomic E-state index is -0.988. The van der Waals surface area contributed by atoms with Gasteiger partial charge in [-0.3, -0.25) is 9.59 Å². The summed E-state index contributed by atoms with van der Waals surface area (Å²) in [6, 6.07) is 11.5. The molecule has 0 bridgehead atoms. The van der Waals surface area contributed by atoms with Gasteiger partial charge in [-0.2, -0.15) is 0 Å². The van der Waals surface area contributed by atoms with Gasteiger partial charge in [0, 0.05) is 18.2 Å². The molecule has 0 saturated carbocycles. The Morgan fingerprint density at radius 1 is 1.14 bits per heavy atom. The minimum Gasteiger partial charge on any atom is -0.507 e. The molecule has 0 spiro atoms. The van der Waals surface area contributed by atoms with Crippen molar-refractivity contribution >= 4 is 17.4 Å². The molecule has 1 aliphatic rings. The first-order chi connectivity index (χ1) is 13.3. The summed E-state index contributed by atoms with van der Waals surface area (Å²) in [6.07, 6.45) is 0. The van der Waals surface area contributed by atoms with Crippen molar-refractivity contribution < 1.29 is 23.8 Å². The predicted octanol–water partition coefficient (Wildman–Crippen LogP) is 3.91. The zero-order chi connectivity index (χ0) is 20.4. The molecule has 1 aliphatic heterocycles. The predicted molar refractivity (Wildman–Crippen MR) is 103 cm³/mol. The van der Waals surface area contributed by atoms with E-state index in [1.807, 2.05) is 13.8 Å². The number of rotatable bonds is 5. The van der Waals surface area contributed by atoms with Crippen LogP contribution in [0.15, 0.2) is 54.1 Å². The highest BCUT2D eigenvalue weighted by atomic mass is 19.1. The quantitative estimate of drug-likeness (QED) is 0.483. The van der Waals surface area contributed by atoms with Gasteiger partial charge in [-0.1, -0.05) is 32.0 Å². The number of ketones is 1. The number of ether oxygens (including phenoxy) is 1. The zero-order valence-electron chi connectivity index (χ0n) is 16.0. The van der Waals surface area contributed by atoms with E-state index < -0.39 is 23.5 Å². The molecular weight excluding hydrogens is 361 g/mol. The third-order valence-electron chi connectivity index (χ3n) is 4.59. The number of hydrogen-bond acceptors (Lipinski definition) is 4. The molecular formula is C22H22FNO4. The Kier molecular flexibility index (Phi) is 5.49. The van der Waals surface area contributed by atoms with Gasteiger partial charge in [0.25, 0.3) is 11.7 Å². The Hall–Kier alpha value is -3.15. The van der Waals surface area contributed by atoms with Crippen LogP contribution in [0, 0.1) is 11.7 Å². The largest absolute Gasteiger partial charge is 0.507 e. The molecule has 2 aromatic carbocycles. The summed E-state index contributed by atoms with van der Waals surface area (Å²) in [5, 5.41) is 10.8. The Morgan fingerprint density at radius 3 is 2.39 bits per heavy atom. The van der Waals surface area contributed by atoms with E-state index in [0.29, 0.717) is 23.8 Å². The van der Waals surface area contributed by atoms with Gasteiger partial charge in [-0.05, 0) is 36.2 Å². The Balaban J connectivity index is 2.02. The van der Waals surface area contributed by atoms with Crippen LogP contribution in [0.5, 0.6) is 5.75 Å². The number of carbonyl (C=O) groups is 2. The fourth-order valence-corrected chi connectivity index (χ4v) is 3.14. The number of halogens is 1. The van der Waals surface area contributed by atoms with Crippen LogP contribution >= 0.6 is 0 Å². The highest BCUT2D eigenvalue weighted by Gasteiger charge is 2.45. The average molecular weight is 383 g/mol. The first-order valence-corrected chi connectivity index (χ1v) is 9.03. The Labute approximate surface area is 163 Å². The fourth-order valence-electron chi connectivity index (χ4n) is 3.14. The van der Waals surface area contributed by atoms with E-state index in [1.54, 1.807) is 30.3 Å². The molecule has 1 atom stereocenters. The molecule has 1 fully saturated rings. The number of aliphatic hydroxyl groups is 1. The van der Waals surface area contributed by atoms with Crippen molar-refractivity contribution in [2.24, 2.45) is 5.92 Å². The van der Waals surface area contributed by atoms with Crippen molar-refractivity contribution in [1.29, 1.82) is 0 Å². The molecule has 5 nitrogen and oxygen atoms in total. The maximum absolute atomic E-state index is 14.3. The van der Waals surface area contributed by atoms with Crippen LogP contribution in [0.2, 0.25) is 0 Å².